The summed E-state index contributed by atoms with van der Waals surface area (Å²) < 4.78 is 0. The van der Waals surface area contributed by atoms with Crippen LogP contribution in [0.25, 0.3) is 0 Å². The summed E-state index contributed by atoms with van der Waals surface area (Å²) in [5.74, 6) is 2.72. The molecule has 2 saturated heterocycles. The van der Waals surface area contributed by atoms with Crippen molar-refractivity contribution in [2.24, 2.45) is 17.8 Å². The molecule has 2 rings (SSSR count). The van der Waals surface area contributed by atoms with Gasteiger partial charge in [-0.1, -0.05) is 13.8 Å². The summed E-state index contributed by atoms with van der Waals surface area (Å²) in [7, 11) is 2.26. The van der Waals surface area contributed by atoms with E-state index in [1.54, 1.807) is 0 Å². The quantitative estimate of drug-likeness (QED) is 0.772. The Morgan fingerprint density at radius 2 is 1.42 bits per heavy atom. The van der Waals surface area contributed by atoms with E-state index >= 15 is 0 Å². The monoisotopic (exact) mass is 266 g/mol. The number of hydrogen-bond acceptors (Lipinski definition) is 2. The minimum atomic E-state index is 0.406. The molecule has 0 aromatic heterocycles. The average molecular weight is 266 g/mol. The van der Waals surface area contributed by atoms with Gasteiger partial charge in [-0.3, -0.25) is 4.90 Å². The first kappa shape index (κ1) is 15.3. The highest BCUT2D eigenvalue weighted by molar-refractivity contribution is 4.93. The smallest absolute Gasteiger partial charge is 0.0182 e. The van der Waals surface area contributed by atoms with Gasteiger partial charge in [-0.05, 0) is 90.5 Å². The normalized spacial score (nSPS) is 26.2. The molecule has 0 radical (unpaired) electrons. The highest BCUT2D eigenvalue weighted by atomic mass is 15.2. The Morgan fingerprint density at radius 3 is 1.89 bits per heavy atom. The molecule has 2 aliphatic heterocycles. The summed E-state index contributed by atoms with van der Waals surface area (Å²) >= 11 is 0. The van der Waals surface area contributed by atoms with E-state index in [2.05, 4.69) is 44.5 Å². The van der Waals surface area contributed by atoms with Crippen LogP contribution in [0.5, 0.6) is 0 Å². The lowest BCUT2D eigenvalue weighted by molar-refractivity contribution is 0.00276. The molecule has 0 aliphatic carbocycles. The van der Waals surface area contributed by atoms with Crippen LogP contribution >= 0.6 is 0 Å². The van der Waals surface area contributed by atoms with Crippen molar-refractivity contribution in [3.63, 3.8) is 0 Å². The number of rotatable bonds is 3. The zero-order chi connectivity index (χ0) is 14.0. The molecule has 0 aromatic carbocycles. The van der Waals surface area contributed by atoms with Gasteiger partial charge in [-0.25, -0.2) is 0 Å². The van der Waals surface area contributed by atoms with E-state index in [1.165, 1.54) is 51.9 Å². The third-order valence-electron chi connectivity index (χ3n) is 6.02. The van der Waals surface area contributed by atoms with Gasteiger partial charge in [0.25, 0.3) is 0 Å². The van der Waals surface area contributed by atoms with Crippen LogP contribution in [0, 0.1) is 17.8 Å². The fraction of sp³-hybridized carbons (Fsp3) is 1.00. The van der Waals surface area contributed by atoms with Crippen LogP contribution in [0.2, 0.25) is 0 Å². The van der Waals surface area contributed by atoms with Crippen molar-refractivity contribution in [1.29, 1.82) is 0 Å². The second-order valence-electron chi connectivity index (χ2n) is 7.80. The van der Waals surface area contributed by atoms with Crippen molar-refractivity contribution in [3.8, 4) is 0 Å². The lowest BCUT2D eigenvalue weighted by atomic mass is 9.77. The maximum atomic E-state index is 2.79. The molecule has 0 unspecified atom stereocenters. The summed E-state index contributed by atoms with van der Waals surface area (Å²) in [6, 6.07) is 0. The summed E-state index contributed by atoms with van der Waals surface area (Å²) in [6.07, 6.45) is 5.59. The molecular formula is C17H34N2. The van der Waals surface area contributed by atoms with Crippen LogP contribution < -0.4 is 0 Å². The van der Waals surface area contributed by atoms with Crippen molar-refractivity contribution in [3.05, 3.63) is 0 Å². The van der Waals surface area contributed by atoms with Crippen molar-refractivity contribution in [1.82, 2.24) is 9.80 Å². The van der Waals surface area contributed by atoms with E-state index < -0.39 is 0 Å². The maximum Gasteiger partial charge on any atom is 0.0182 e. The van der Waals surface area contributed by atoms with Gasteiger partial charge >= 0.3 is 0 Å². The van der Waals surface area contributed by atoms with Crippen molar-refractivity contribution in [2.75, 3.05) is 33.2 Å². The van der Waals surface area contributed by atoms with Crippen molar-refractivity contribution >= 4 is 0 Å². The fourth-order valence-corrected chi connectivity index (χ4v) is 4.12. The van der Waals surface area contributed by atoms with Crippen molar-refractivity contribution < 1.29 is 0 Å². The van der Waals surface area contributed by atoms with Gasteiger partial charge in [0.15, 0.2) is 0 Å². The van der Waals surface area contributed by atoms with Crippen LogP contribution in [-0.2, 0) is 0 Å². The second-order valence-corrected chi connectivity index (χ2v) is 7.80. The van der Waals surface area contributed by atoms with E-state index in [1.807, 2.05) is 0 Å². The first-order valence-electron chi connectivity index (χ1n) is 8.35. The molecule has 2 fully saturated rings. The maximum absolute atomic E-state index is 2.79. The Balaban J connectivity index is 1.90. The number of likely N-dealkylation sites (tertiary alicyclic amines) is 2. The molecule has 0 N–H and O–H groups in total. The van der Waals surface area contributed by atoms with Gasteiger partial charge in [0.05, 0.1) is 0 Å². The third kappa shape index (κ3) is 3.52. The molecule has 0 saturated carbocycles. The van der Waals surface area contributed by atoms with Crippen LogP contribution in [-0.4, -0.2) is 48.6 Å². The predicted molar refractivity (Wildman–Crippen MR) is 83.4 cm³/mol. The average Bonchev–Trinajstić information content (AvgIpc) is 2.39. The fourth-order valence-electron chi connectivity index (χ4n) is 4.12. The molecule has 19 heavy (non-hydrogen) atoms. The number of nitrogens with zero attached hydrogens (tertiary/aromatic N) is 2. The highest BCUT2D eigenvalue weighted by Gasteiger charge is 2.38. The standard InChI is InChI=1S/C17H34N2/c1-14(2)15-6-12-19(13-7-15)17(3,4)16-8-10-18(5)11-9-16/h14-16H,6-13H2,1-5H3. The van der Waals surface area contributed by atoms with Gasteiger partial charge in [0.1, 0.15) is 0 Å². The van der Waals surface area contributed by atoms with Crippen LogP contribution in [0.1, 0.15) is 53.4 Å². The van der Waals surface area contributed by atoms with Crippen LogP contribution in [0.4, 0.5) is 0 Å². The minimum absolute atomic E-state index is 0.406. The largest absolute Gasteiger partial charge is 0.306 e. The Labute approximate surface area is 120 Å². The lowest BCUT2D eigenvalue weighted by Gasteiger charge is -2.49. The zero-order valence-electron chi connectivity index (χ0n) is 13.8. The molecule has 2 heterocycles. The molecule has 0 amide bonds. The van der Waals surface area contributed by atoms with Gasteiger partial charge in [0, 0.05) is 5.54 Å². The summed E-state index contributed by atoms with van der Waals surface area (Å²) in [5, 5.41) is 0. The van der Waals surface area contributed by atoms with Gasteiger partial charge < -0.3 is 4.90 Å². The first-order chi connectivity index (χ1) is 8.91. The van der Waals surface area contributed by atoms with E-state index in [0.29, 0.717) is 5.54 Å². The Morgan fingerprint density at radius 1 is 0.895 bits per heavy atom. The van der Waals surface area contributed by atoms with E-state index in [9.17, 15) is 0 Å². The molecule has 0 aromatic rings. The van der Waals surface area contributed by atoms with E-state index in [4.69, 9.17) is 0 Å². The highest BCUT2D eigenvalue weighted by Crippen LogP contribution is 2.36. The van der Waals surface area contributed by atoms with E-state index in [0.717, 1.165) is 17.8 Å². The molecule has 0 spiro atoms. The summed E-state index contributed by atoms with van der Waals surface area (Å²) in [6.45, 7) is 15.0. The zero-order valence-corrected chi connectivity index (χ0v) is 13.8. The van der Waals surface area contributed by atoms with E-state index in [-0.39, 0.29) is 0 Å². The first-order valence-corrected chi connectivity index (χ1v) is 8.35. The number of piperidine rings is 2. The Kier molecular flexibility index (Phi) is 4.94. The van der Waals surface area contributed by atoms with Gasteiger partial charge in [-0.15, -0.1) is 0 Å². The minimum Gasteiger partial charge on any atom is -0.306 e. The van der Waals surface area contributed by atoms with Gasteiger partial charge in [-0.2, -0.15) is 0 Å². The molecule has 2 heteroatoms. The third-order valence-corrected chi connectivity index (χ3v) is 6.02. The molecular weight excluding hydrogens is 232 g/mol. The van der Waals surface area contributed by atoms with Crippen molar-refractivity contribution in [2.45, 2.75) is 58.9 Å². The second kappa shape index (κ2) is 6.13. The van der Waals surface area contributed by atoms with Crippen LogP contribution in [0.3, 0.4) is 0 Å². The number of hydrogen-bond donors (Lipinski definition) is 0. The van der Waals surface area contributed by atoms with Gasteiger partial charge in [0.2, 0.25) is 0 Å². The molecule has 2 nitrogen and oxygen atoms in total. The summed E-state index contributed by atoms with van der Waals surface area (Å²) in [4.78, 5) is 5.28. The van der Waals surface area contributed by atoms with Crippen LogP contribution in [0.15, 0.2) is 0 Å². The lowest BCUT2D eigenvalue weighted by Crippen LogP contribution is -2.54. The molecule has 112 valence electrons. The summed E-state index contributed by atoms with van der Waals surface area (Å²) in [5.41, 5.74) is 0.406. The topological polar surface area (TPSA) is 6.48 Å². The molecule has 0 atom stereocenters. The molecule has 0 bridgehead atoms. The SMILES string of the molecule is CC(C)C1CCN(C(C)(C)C2CCN(C)CC2)CC1. The Bertz CT molecular complexity index is 269. The predicted octanol–water partition coefficient (Wildman–Crippen LogP) is 3.47. The Hall–Kier alpha value is -0.0800. The molecule has 2 aliphatic rings.